The Kier molecular flexibility index (Phi) is 6.60. The lowest BCUT2D eigenvalue weighted by atomic mass is 10.1. The molecular formula is C13H19F2NOS. The van der Waals surface area contributed by atoms with Gasteiger partial charge in [-0.3, -0.25) is 0 Å². The topological polar surface area (TPSA) is 32.3 Å². The second-order valence-electron chi connectivity index (χ2n) is 4.26. The van der Waals surface area contributed by atoms with E-state index in [9.17, 15) is 8.78 Å². The Morgan fingerprint density at radius 1 is 1.28 bits per heavy atom. The SMILES string of the molecule is CSCC(CCO)NC(C)c1cc(F)cc(F)c1. The molecule has 5 heteroatoms. The summed E-state index contributed by atoms with van der Waals surface area (Å²) in [5.41, 5.74) is 0.580. The lowest BCUT2D eigenvalue weighted by molar-refractivity contribution is 0.265. The molecule has 0 radical (unpaired) electrons. The molecule has 0 aliphatic heterocycles. The van der Waals surface area contributed by atoms with Crippen LogP contribution in [0.3, 0.4) is 0 Å². The number of rotatable bonds is 7. The molecule has 0 saturated heterocycles. The number of hydrogen-bond acceptors (Lipinski definition) is 3. The molecule has 0 bridgehead atoms. The van der Waals surface area contributed by atoms with Gasteiger partial charge >= 0.3 is 0 Å². The summed E-state index contributed by atoms with van der Waals surface area (Å²) in [6, 6.07) is 3.50. The van der Waals surface area contributed by atoms with E-state index in [4.69, 9.17) is 5.11 Å². The molecule has 1 aromatic carbocycles. The molecule has 2 unspecified atom stereocenters. The number of hydrogen-bond donors (Lipinski definition) is 2. The maximum absolute atomic E-state index is 13.1. The van der Waals surface area contributed by atoms with E-state index >= 15 is 0 Å². The van der Waals surface area contributed by atoms with Crippen molar-refractivity contribution in [3.8, 4) is 0 Å². The Morgan fingerprint density at radius 2 is 1.89 bits per heavy atom. The Bertz CT molecular complexity index is 350. The van der Waals surface area contributed by atoms with Crippen molar-refractivity contribution in [2.45, 2.75) is 25.4 Å². The van der Waals surface area contributed by atoms with Crippen LogP contribution in [-0.4, -0.2) is 29.8 Å². The average Bonchev–Trinajstić information content (AvgIpc) is 2.28. The monoisotopic (exact) mass is 275 g/mol. The van der Waals surface area contributed by atoms with E-state index in [-0.39, 0.29) is 18.7 Å². The van der Waals surface area contributed by atoms with Crippen LogP contribution in [0.2, 0.25) is 0 Å². The Hall–Kier alpha value is -0.650. The fourth-order valence-corrected chi connectivity index (χ4v) is 2.51. The van der Waals surface area contributed by atoms with E-state index in [0.29, 0.717) is 12.0 Å². The third-order valence-corrected chi connectivity index (χ3v) is 3.45. The number of halogens is 2. The fraction of sp³-hybridized carbons (Fsp3) is 0.538. The highest BCUT2D eigenvalue weighted by Gasteiger charge is 2.14. The molecule has 1 aromatic rings. The highest BCUT2D eigenvalue weighted by molar-refractivity contribution is 7.98. The summed E-state index contributed by atoms with van der Waals surface area (Å²) in [6.45, 7) is 1.96. The number of aliphatic hydroxyl groups is 1. The van der Waals surface area contributed by atoms with Crippen molar-refractivity contribution in [3.05, 3.63) is 35.4 Å². The van der Waals surface area contributed by atoms with Gasteiger partial charge in [-0.2, -0.15) is 11.8 Å². The van der Waals surface area contributed by atoms with Crippen molar-refractivity contribution in [1.29, 1.82) is 0 Å². The highest BCUT2D eigenvalue weighted by Crippen LogP contribution is 2.17. The van der Waals surface area contributed by atoms with Crippen LogP contribution in [0, 0.1) is 11.6 Å². The van der Waals surface area contributed by atoms with Gasteiger partial charge < -0.3 is 10.4 Å². The molecule has 0 aliphatic rings. The van der Waals surface area contributed by atoms with Gasteiger partial charge in [0.15, 0.2) is 0 Å². The third-order valence-electron chi connectivity index (χ3n) is 2.72. The summed E-state index contributed by atoms with van der Waals surface area (Å²) in [5.74, 6) is -0.285. The van der Waals surface area contributed by atoms with Crippen LogP contribution < -0.4 is 5.32 Å². The van der Waals surface area contributed by atoms with Crippen LogP contribution in [0.5, 0.6) is 0 Å². The van der Waals surface area contributed by atoms with E-state index in [0.717, 1.165) is 11.8 Å². The third kappa shape index (κ3) is 4.92. The summed E-state index contributed by atoms with van der Waals surface area (Å²) in [5, 5.41) is 12.2. The van der Waals surface area contributed by atoms with Gasteiger partial charge in [-0.1, -0.05) is 0 Å². The number of thioether (sulfide) groups is 1. The van der Waals surface area contributed by atoms with Crippen LogP contribution in [-0.2, 0) is 0 Å². The molecule has 2 atom stereocenters. The molecule has 1 rings (SSSR count). The minimum absolute atomic E-state index is 0.0997. The largest absolute Gasteiger partial charge is 0.396 e. The second-order valence-corrected chi connectivity index (χ2v) is 5.17. The van der Waals surface area contributed by atoms with Crippen LogP contribution in [0.15, 0.2) is 18.2 Å². The molecule has 0 spiro atoms. The fourth-order valence-electron chi connectivity index (χ4n) is 1.85. The van der Waals surface area contributed by atoms with Crippen LogP contribution in [0.4, 0.5) is 8.78 Å². The summed E-state index contributed by atoms with van der Waals surface area (Å²) < 4.78 is 26.2. The standard InChI is InChI=1S/C13H19F2NOS/c1-9(16-13(3-4-17)8-18-2)10-5-11(14)7-12(15)6-10/h5-7,9,13,16-17H,3-4,8H2,1-2H3. The van der Waals surface area contributed by atoms with E-state index in [1.54, 1.807) is 11.8 Å². The van der Waals surface area contributed by atoms with Gasteiger partial charge in [0.1, 0.15) is 11.6 Å². The molecule has 18 heavy (non-hydrogen) atoms. The van der Waals surface area contributed by atoms with Gasteiger partial charge in [0.05, 0.1) is 0 Å². The zero-order chi connectivity index (χ0) is 13.5. The summed E-state index contributed by atoms with van der Waals surface area (Å²) in [7, 11) is 0. The molecule has 0 aromatic heterocycles. The molecule has 102 valence electrons. The van der Waals surface area contributed by atoms with E-state index in [2.05, 4.69) is 5.32 Å². The molecule has 0 fully saturated rings. The summed E-state index contributed by atoms with van der Waals surface area (Å²) >= 11 is 1.67. The normalized spacial score (nSPS) is 14.5. The highest BCUT2D eigenvalue weighted by atomic mass is 32.2. The predicted octanol–water partition coefficient (Wildman–Crippen LogP) is 2.73. The number of aliphatic hydroxyl groups excluding tert-OH is 1. The molecule has 0 heterocycles. The Labute approximate surface area is 111 Å². The second kappa shape index (κ2) is 7.71. The van der Waals surface area contributed by atoms with Crippen LogP contribution in [0.1, 0.15) is 24.9 Å². The van der Waals surface area contributed by atoms with Crippen molar-refractivity contribution in [3.63, 3.8) is 0 Å². The maximum atomic E-state index is 13.1. The Morgan fingerprint density at radius 3 is 2.39 bits per heavy atom. The molecule has 0 amide bonds. The van der Waals surface area contributed by atoms with Crippen molar-refractivity contribution < 1.29 is 13.9 Å². The first kappa shape index (κ1) is 15.4. The lowest BCUT2D eigenvalue weighted by Gasteiger charge is -2.22. The van der Waals surface area contributed by atoms with Crippen molar-refractivity contribution in [1.82, 2.24) is 5.32 Å². The minimum Gasteiger partial charge on any atom is -0.396 e. The van der Waals surface area contributed by atoms with Gasteiger partial charge in [0.2, 0.25) is 0 Å². The van der Waals surface area contributed by atoms with Gasteiger partial charge in [0, 0.05) is 30.5 Å². The minimum atomic E-state index is -0.567. The van der Waals surface area contributed by atoms with E-state index in [1.165, 1.54) is 12.1 Å². The smallest absolute Gasteiger partial charge is 0.126 e. The molecule has 0 saturated carbocycles. The van der Waals surface area contributed by atoms with Gasteiger partial charge in [-0.05, 0) is 37.3 Å². The number of nitrogens with one attached hydrogen (secondary N) is 1. The zero-order valence-corrected chi connectivity index (χ0v) is 11.4. The summed E-state index contributed by atoms with van der Waals surface area (Å²) in [6.07, 6.45) is 2.61. The van der Waals surface area contributed by atoms with Crippen molar-refractivity contribution in [2.75, 3.05) is 18.6 Å². The lowest BCUT2D eigenvalue weighted by Crippen LogP contribution is -2.34. The summed E-state index contributed by atoms with van der Waals surface area (Å²) in [4.78, 5) is 0. The molecule has 2 nitrogen and oxygen atoms in total. The van der Waals surface area contributed by atoms with Crippen molar-refractivity contribution in [2.24, 2.45) is 0 Å². The van der Waals surface area contributed by atoms with Crippen LogP contribution >= 0.6 is 11.8 Å². The van der Waals surface area contributed by atoms with Crippen molar-refractivity contribution >= 4 is 11.8 Å². The van der Waals surface area contributed by atoms with E-state index in [1.807, 2.05) is 13.2 Å². The maximum Gasteiger partial charge on any atom is 0.126 e. The van der Waals surface area contributed by atoms with Crippen LogP contribution in [0.25, 0.3) is 0 Å². The van der Waals surface area contributed by atoms with Gasteiger partial charge in [0.25, 0.3) is 0 Å². The molecule has 0 aliphatic carbocycles. The first-order valence-corrected chi connectivity index (χ1v) is 7.28. The van der Waals surface area contributed by atoms with E-state index < -0.39 is 11.6 Å². The predicted molar refractivity (Wildman–Crippen MR) is 71.8 cm³/mol. The Balaban J connectivity index is 2.69. The molecular weight excluding hydrogens is 256 g/mol. The first-order chi connectivity index (χ1) is 8.56. The molecule has 2 N–H and O–H groups in total. The first-order valence-electron chi connectivity index (χ1n) is 5.88. The average molecular weight is 275 g/mol. The van der Waals surface area contributed by atoms with Gasteiger partial charge in [-0.25, -0.2) is 8.78 Å². The quantitative estimate of drug-likeness (QED) is 0.802. The number of benzene rings is 1. The zero-order valence-electron chi connectivity index (χ0n) is 10.6. The van der Waals surface area contributed by atoms with Gasteiger partial charge in [-0.15, -0.1) is 0 Å².